The van der Waals surface area contributed by atoms with Crippen LogP contribution in [-0.4, -0.2) is 12.3 Å². The largest absolute Gasteiger partial charge is 0.330 e. The number of benzene rings is 2. The Balaban J connectivity index is 2.41. The van der Waals surface area contributed by atoms with Gasteiger partial charge in [0.25, 0.3) is 0 Å². The third-order valence-corrected chi connectivity index (χ3v) is 4.01. The number of halogens is 1. The lowest BCUT2D eigenvalue weighted by Crippen LogP contribution is -2.10. The Morgan fingerprint density at radius 3 is 2.70 bits per heavy atom. The molecule has 0 aromatic heterocycles. The van der Waals surface area contributed by atoms with Crippen LogP contribution in [0.5, 0.6) is 0 Å². The summed E-state index contributed by atoms with van der Waals surface area (Å²) in [5.41, 5.74) is 9.22. The lowest BCUT2D eigenvalue weighted by molar-refractivity contribution is 0.103. The Hall–Kier alpha value is -1.45. The van der Waals surface area contributed by atoms with Crippen LogP contribution in [0.4, 0.5) is 0 Å². The number of carbonyl (C=O) groups is 1. The van der Waals surface area contributed by atoms with E-state index in [4.69, 9.17) is 5.73 Å². The highest BCUT2D eigenvalue weighted by Gasteiger charge is 2.13. The lowest BCUT2D eigenvalue weighted by atomic mass is 9.94. The van der Waals surface area contributed by atoms with Crippen LogP contribution in [0.3, 0.4) is 0 Å². The second-order valence-electron chi connectivity index (χ2n) is 5.05. The molecule has 0 fully saturated rings. The number of nitrogens with two attached hydrogens (primary N) is 1. The molecule has 0 aliphatic heterocycles. The van der Waals surface area contributed by atoms with Crippen molar-refractivity contribution in [1.82, 2.24) is 0 Å². The predicted octanol–water partition coefficient (Wildman–Crippen LogP) is 4.05. The summed E-state index contributed by atoms with van der Waals surface area (Å²) in [5, 5.41) is 0. The van der Waals surface area contributed by atoms with Gasteiger partial charge in [-0.05, 0) is 48.7 Å². The Kier molecular flexibility index (Phi) is 4.73. The van der Waals surface area contributed by atoms with Crippen molar-refractivity contribution in [2.24, 2.45) is 5.73 Å². The molecule has 2 rings (SSSR count). The van der Waals surface area contributed by atoms with Gasteiger partial charge in [-0.2, -0.15) is 0 Å². The molecule has 0 radical (unpaired) electrons. The maximum absolute atomic E-state index is 12.6. The molecule has 0 spiro atoms. The summed E-state index contributed by atoms with van der Waals surface area (Å²) in [7, 11) is 0. The van der Waals surface area contributed by atoms with E-state index in [2.05, 4.69) is 22.9 Å². The smallest absolute Gasteiger partial charge is 0.193 e. The Morgan fingerprint density at radius 1 is 1.25 bits per heavy atom. The summed E-state index contributed by atoms with van der Waals surface area (Å²) < 4.78 is 0.915. The van der Waals surface area contributed by atoms with Crippen LogP contribution in [0, 0.1) is 6.92 Å². The van der Waals surface area contributed by atoms with E-state index in [0.29, 0.717) is 12.1 Å². The number of hydrogen-bond donors (Lipinski definition) is 1. The molecule has 0 saturated heterocycles. The van der Waals surface area contributed by atoms with Gasteiger partial charge in [0, 0.05) is 15.6 Å². The van der Waals surface area contributed by atoms with E-state index in [9.17, 15) is 4.79 Å². The molecule has 20 heavy (non-hydrogen) atoms. The third kappa shape index (κ3) is 3.17. The van der Waals surface area contributed by atoms with E-state index in [1.54, 1.807) is 0 Å². The fourth-order valence-electron chi connectivity index (χ4n) is 2.12. The number of rotatable bonds is 4. The zero-order chi connectivity index (χ0) is 14.7. The predicted molar refractivity (Wildman–Crippen MR) is 86.2 cm³/mol. The minimum Gasteiger partial charge on any atom is -0.330 e. The molecule has 2 aromatic rings. The van der Waals surface area contributed by atoms with Crippen LogP contribution in [0.1, 0.15) is 39.9 Å². The van der Waals surface area contributed by atoms with Crippen LogP contribution in [-0.2, 0) is 0 Å². The first-order valence-corrected chi connectivity index (χ1v) is 7.43. The number of hydrogen-bond acceptors (Lipinski definition) is 2. The van der Waals surface area contributed by atoms with E-state index in [-0.39, 0.29) is 11.7 Å². The quantitative estimate of drug-likeness (QED) is 0.859. The van der Waals surface area contributed by atoms with Gasteiger partial charge in [-0.3, -0.25) is 4.79 Å². The summed E-state index contributed by atoms with van der Waals surface area (Å²) in [5.74, 6) is 0.307. The molecule has 1 unspecified atom stereocenters. The van der Waals surface area contributed by atoms with Crippen molar-refractivity contribution in [2.75, 3.05) is 6.54 Å². The van der Waals surface area contributed by atoms with E-state index in [0.717, 1.165) is 21.2 Å². The Morgan fingerprint density at radius 2 is 2.00 bits per heavy atom. The standard InChI is InChI=1S/C17H18BrNO/c1-11-6-7-15(18)9-16(11)17(20)14-5-3-4-13(8-14)12(2)10-19/h3-9,12H,10,19H2,1-2H3. The summed E-state index contributed by atoms with van der Waals surface area (Å²) in [6.07, 6.45) is 0. The van der Waals surface area contributed by atoms with Crippen molar-refractivity contribution in [3.63, 3.8) is 0 Å². The first-order valence-electron chi connectivity index (χ1n) is 6.64. The average molecular weight is 332 g/mol. The Bertz CT molecular complexity index is 637. The van der Waals surface area contributed by atoms with Crippen LogP contribution in [0.2, 0.25) is 0 Å². The normalized spacial score (nSPS) is 12.2. The molecular weight excluding hydrogens is 314 g/mol. The van der Waals surface area contributed by atoms with Crippen LogP contribution in [0.15, 0.2) is 46.9 Å². The molecule has 0 saturated carbocycles. The minimum absolute atomic E-state index is 0.0508. The third-order valence-electron chi connectivity index (χ3n) is 3.52. The van der Waals surface area contributed by atoms with Gasteiger partial charge in [-0.25, -0.2) is 0 Å². The molecular formula is C17H18BrNO. The monoisotopic (exact) mass is 331 g/mol. The Labute approximate surface area is 128 Å². The number of carbonyl (C=O) groups excluding carboxylic acids is 1. The SMILES string of the molecule is Cc1ccc(Br)cc1C(=O)c1cccc(C(C)CN)c1. The van der Waals surface area contributed by atoms with Crippen LogP contribution < -0.4 is 5.73 Å². The average Bonchev–Trinajstić information content (AvgIpc) is 2.48. The lowest BCUT2D eigenvalue weighted by Gasteiger charge is -2.11. The fourth-order valence-corrected chi connectivity index (χ4v) is 2.48. The van der Waals surface area contributed by atoms with Gasteiger partial charge in [-0.15, -0.1) is 0 Å². The molecule has 0 bridgehead atoms. The molecule has 0 aliphatic carbocycles. The summed E-state index contributed by atoms with van der Waals surface area (Å²) in [6.45, 7) is 4.59. The van der Waals surface area contributed by atoms with Crippen molar-refractivity contribution >= 4 is 21.7 Å². The van der Waals surface area contributed by atoms with E-state index in [1.807, 2.05) is 49.4 Å². The maximum atomic E-state index is 12.6. The molecule has 3 heteroatoms. The highest BCUT2D eigenvalue weighted by atomic mass is 79.9. The van der Waals surface area contributed by atoms with Crippen LogP contribution in [0.25, 0.3) is 0 Å². The molecule has 2 nitrogen and oxygen atoms in total. The zero-order valence-corrected chi connectivity index (χ0v) is 13.3. The van der Waals surface area contributed by atoms with Gasteiger partial charge >= 0.3 is 0 Å². The first-order chi connectivity index (χ1) is 9.52. The van der Waals surface area contributed by atoms with Crippen molar-refractivity contribution in [3.05, 3.63) is 69.2 Å². The van der Waals surface area contributed by atoms with Crippen molar-refractivity contribution in [3.8, 4) is 0 Å². The second-order valence-corrected chi connectivity index (χ2v) is 5.97. The number of ketones is 1. The van der Waals surface area contributed by atoms with Crippen molar-refractivity contribution in [2.45, 2.75) is 19.8 Å². The van der Waals surface area contributed by atoms with Crippen LogP contribution >= 0.6 is 15.9 Å². The summed E-state index contributed by atoms with van der Waals surface area (Å²) in [4.78, 5) is 12.6. The highest BCUT2D eigenvalue weighted by Crippen LogP contribution is 2.21. The maximum Gasteiger partial charge on any atom is 0.193 e. The van der Waals surface area contributed by atoms with Gasteiger partial charge < -0.3 is 5.73 Å². The van der Waals surface area contributed by atoms with Gasteiger partial charge in [0.1, 0.15) is 0 Å². The summed E-state index contributed by atoms with van der Waals surface area (Å²) >= 11 is 3.42. The molecule has 0 amide bonds. The molecule has 1 atom stereocenters. The number of aryl methyl sites for hydroxylation is 1. The minimum atomic E-state index is 0.0508. The highest BCUT2D eigenvalue weighted by molar-refractivity contribution is 9.10. The van der Waals surface area contributed by atoms with Gasteiger partial charge in [-0.1, -0.05) is 47.1 Å². The van der Waals surface area contributed by atoms with E-state index in [1.165, 1.54) is 0 Å². The molecule has 2 N–H and O–H groups in total. The van der Waals surface area contributed by atoms with E-state index >= 15 is 0 Å². The molecule has 2 aromatic carbocycles. The van der Waals surface area contributed by atoms with Crippen molar-refractivity contribution < 1.29 is 4.79 Å². The van der Waals surface area contributed by atoms with E-state index < -0.39 is 0 Å². The second kappa shape index (κ2) is 6.33. The first kappa shape index (κ1) is 14.9. The topological polar surface area (TPSA) is 43.1 Å². The molecule has 0 heterocycles. The molecule has 0 aliphatic rings. The van der Waals surface area contributed by atoms with Gasteiger partial charge in [0.15, 0.2) is 5.78 Å². The fraction of sp³-hybridized carbons (Fsp3) is 0.235. The van der Waals surface area contributed by atoms with Gasteiger partial charge in [0.2, 0.25) is 0 Å². The zero-order valence-electron chi connectivity index (χ0n) is 11.7. The molecule has 104 valence electrons. The summed E-state index contributed by atoms with van der Waals surface area (Å²) in [6, 6.07) is 13.5. The van der Waals surface area contributed by atoms with Crippen molar-refractivity contribution in [1.29, 1.82) is 0 Å². The van der Waals surface area contributed by atoms with Gasteiger partial charge in [0.05, 0.1) is 0 Å².